The van der Waals surface area contributed by atoms with Gasteiger partial charge in [0.15, 0.2) is 0 Å². The van der Waals surface area contributed by atoms with E-state index >= 15 is 0 Å². The minimum Gasteiger partial charge on any atom is -0.388 e. The van der Waals surface area contributed by atoms with Gasteiger partial charge in [-0.2, -0.15) is 0 Å². The topological polar surface area (TPSA) is 121 Å². The quantitative estimate of drug-likeness (QED) is 0.354. The number of hydrogen-bond acceptors (Lipinski definition) is 6. The number of rotatable bonds is 4. The molecule has 114 valence electrons. The number of hydrogen-bond donors (Lipinski definition) is 6. The molecular formula is C12H26O6Si. The zero-order valence-electron chi connectivity index (χ0n) is 11.7. The SMILES string of the molecule is CC[Si](CC)(CC)C1(O)[C@H](O)[C@H](O)C(O)[C@H](O)[C@H]1O. The Balaban J connectivity index is 3.33. The fraction of sp³-hybridized carbons (Fsp3) is 1.00. The summed E-state index contributed by atoms with van der Waals surface area (Å²) >= 11 is 0. The van der Waals surface area contributed by atoms with E-state index in [4.69, 9.17) is 0 Å². The molecular weight excluding hydrogens is 268 g/mol. The molecule has 19 heavy (non-hydrogen) atoms. The zero-order chi connectivity index (χ0) is 15.0. The third-order valence-electron chi connectivity index (χ3n) is 5.13. The average molecular weight is 294 g/mol. The van der Waals surface area contributed by atoms with E-state index < -0.39 is 43.8 Å². The first-order valence-corrected chi connectivity index (χ1v) is 9.48. The smallest absolute Gasteiger partial charge is 0.111 e. The van der Waals surface area contributed by atoms with Crippen molar-refractivity contribution in [2.45, 2.75) is 74.6 Å². The second-order valence-electron chi connectivity index (χ2n) is 5.53. The average Bonchev–Trinajstić information content (AvgIpc) is 2.43. The largest absolute Gasteiger partial charge is 0.388 e. The van der Waals surface area contributed by atoms with Gasteiger partial charge in [0.1, 0.15) is 35.7 Å². The normalized spacial score (nSPS) is 44.4. The molecule has 0 spiro atoms. The molecule has 0 heterocycles. The van der Waals surface area contributed by atoms with Gasteiger partial charge in [-0.25, -0.2) is 0 Å². The van der Waals surface area contributed by atoms with E-state index in [1.165, 1.54) is 0 Å². The lowest BCUT2D eigenvalue weighted by Gasteiger charge is -2.56. The van der Waals surface area contributed by atoms with Gasteiger partial charge in [0.2, 0.25) is 0 Å². The van der Waals surface area contributed by atoms with Crippen molar-refractivity contribution in [1.82, 2.24) is 0 Å². The predicted molar refractivity (Wildman–Crippen MR) is 72.2 cm³/mol. The molecule has 0 aromatic rings. The van der Waals surface area contributed by atoms with Crippen LogP contribution in [0.2, 0.25) is 18.1 Å². The van der Waals surface area contributed by atoms with E-state index in [9.17, 15) is 30.6 Å². The molecule has 6 nitrogen and oxygen atoms in total. The van der Waals surface area contributed by atoms with Crippen LogP contribution in [0.15, 0.2) is 0 Å². The van der Waals surface area contributed by atoms with Gasteiger partial charge in [0.05, 0.1) is 8.07 Å². The van der Waals surface area contributed by atoms with Gasteiger partial charge >= 0.3 is 0 Å². The Hall–Kier alpha value is -0.0231. The standard InChI is InChI=1S/C12H26O6Si/c1-4-19(5-2,6-3)12(18)10(16)8(14)7(13)9(15)11(12)17/h7-11,13-18H,4-6H2,1-3H3/t7?,8-,9+,10-,11-,12?/m1/s1. The van der Waals surface area contributed by atoms with Gasteiger partial charge in [-0.05, 0) is 0 Å². The summed E-state index contributed by atoms with van der Waals surface area (Å²) in [5.41, 5.74) is 0. The van der Waals surface area contributed by atoms with Gasteiger partial charge < -0.3 is 30.6 Å². The Morgan fingerprint density at radius 3 is 1.32 bits per heavy atom. The Labute approximate surface area is 114 Å². The van der Waals surface area contributed by atoms with Crippen LogP contribution in [0.3, 0.4) is 0 Å². The van der Waals surface area contributed by atoms with Crippen molar-refractivity contribution in [3.63, 3.8) is 0 Å². The van der Waals surface area contributed by atoms with Crippen molar-refractivity contribution in [2.75, 3.05) is 0 Å². The highest BCUT2D eigenvalue weighted by atomic mass is 28.3. The van der Waals surface area contributed by atoms with Crippen molar-refractivity contribution >= 4 is 8.07 Å². The van der Waals surface area contributed by atoms with Crippen molar-refractivity contribution in [3.8, 4) is 0 Å². The monoisotopic (exact) mass is 294 g/mol. The predicted octanol–water partition coefficient (Wildman–Crippen LogP) is -1.42. The third kappa shape index (κ3) is 2.17. The molecule has 1 aliphatic carbocycles. The van der Waals surface area contributed by atoms with Crippen LogP contribution in [-0.4, -0.2) is 74.5 Å². The Morgan fingerprint density at radius 1 is 0.737 bits per heavy atom. The molecule has 0 aromatic heterocycles. The van der Waals surface area contributed by atoms with Crippen LogP contribution in [0.25, 0.3) is 0 Å². The zero-order valence-corrected chi connectivity index (χ0v) is 12.7. The van der Waals surface area contributed by atoms with Crippen molar-refractivity contribution in [2.24, 2.45) is 0 Å². The van der Waals surface area contributed by atoms with E-state index in [-0.39, 0.29) is 0 Å². The summed E-state index contributed by atoms with van der Waals surface area (Å²) in [5, 5.41) is 58.6. The molecule has 1 aliphatic rings. The summed E-state index contributed by atoms with van der Waals surface area (Å²) in [6, 6.07) is 1.79. The van der Waals surface area contributed by atoms with Crippen LogP contribution >= 0.6 is 0 Å². The van der Waals surface area contributed by atoms with E-state index in [0.717, 1.165) is 0 Å². The highest BCUT2D eigenvalue weighted by Crippen LogP contribution is 2.42. The van der Waals surface area contributed by atoms with E-state index in [2.05, 4.69) is 0 Å². The highest BCUT2D eigenvalue weighted by Gasteiger charge is 2.65. The second-order valence-corrected chi connectivity index (χ2v) is 11.0. The van der Waals surface area contributed by atoms with Crippen molar-refractivity contribution < 1.29 is 30.6 Å². The minimum atomic E-state index is -2.56. The van der Waals surface area contributed by atoms with Gasteiger partial charge in [-0.1, -0.05) is 38.9 Å². The summed E-state index contributed by atoms with van der Waals surface area (Å²) in [5.74, 6) is 0. The van der Waals surface area contributed by atoms with Crippen LogP contribution in [0, 0.1) is 0 Å². The Kier molecular flexibility index (Phi) is 5.17. The minimum absolute atomic E-state index is 0.597. The fourth-order valence-electron chi connectivity index (χ4n) is 3.50. The maximum absolute atomic E-state index is 10.9. The molecule has 2 unspecified atom stereocenters. The lowest BCUT2D eigenvalue weighted by Crippen LogP contribution is -2.79. The first-order valence-electron chi connectivity index (χ1n) is 6.86. The maximum atomic E-state index is 10.9. The molecule has 6 N–H and O–H groups in total. The fourth-order valence-corrected chi connectivity index (χ4v) is 8.29. The molecule has 6 atom stereocenters. The summed E-state index contributed by atoms with van der Waals surface area (Å²) in [6.07, 6.45) is -8.32. The molecule has 0 radical (unpaired) electrons. The van der Waals surface area contributed by atoms with E-state index in [1.807, 2.05) is 20.8 Å². The molecule has 0 aromatic carbocycles. The third-order valence-corrected chi connectivity index (χ3v) is 11.5. The first kappa shape index (κ1) is 17.0. The maximum Gasteiger partial charge on any atom is 0.111 e. The molecule has 0 amide bonds. The molecule has 0 bridgehead atoms. The van der Waals surface area contributed by atoms with Crippen molar-refractivity contribution in [3.05, 3.63) is 0 Å². The molecule has 1 rings (SSSR count). The van der Waals surface area contributed by atoms with E-state index in [1.54, 1.807) is 0 Å². The molecule has 0 saturated heterocycles. The van der Waals surface area contributed by atoms with Gasteiger partial charge in [0, 0.05) is 0 Å². The molecule has 0 aliphatic heterocycles. The molecule has 1 saturated carbocycles. The lowest BCUT2D eigenvalue weighted by atomic mass is 9.84. The molecule has 1 fully saturated rings. The van der Waals surface area contributed by atoms with Crippen molar-refractivity contribution in [1.29, 1.82) is 0 Å². The van der Waals surface area contributed by atoms with Gasteiger partial charge in [0.25, 0.3) is 0 Å². The highest BCUT2D eigenvalue weighted by molar-refractivity contribution is 6.82. The van der Waals surface area contributed by atoms with Crippen LogP contribution in [0.5, 0.6) is 0 Å². The lowest BCUT2D eigenvalue weighted by molar-refractivity contribution is -0.243. The summed E-state index contributed by atoms with van der Waals surface area (Å²) in [6.45, 7) is 5.63. The first-order chi connectivity index (χ1) is 8.73. The summed E-state index contributed by atoms with van der Waals surface area (Å²) < 4.78 is 0. The summed E-state index contributed by atoms with van der Waals surface area (Å²) in [4.78, 5) is 0. The summed E-state index contributed by atoms with van der Waals surface area (Å²) in [7, 11) is -2.56. The van der Waals surface area contributed by atoms with Crippen LogP contribution in [0.4, 0.5) is 0 Å². The van der Waals surface area contributed by atoms with Crippen LogP contribution in [0.1, 0.15) is 20.8 Å². The van der Waals surface area contributed by atoms with Gasteiger partial charge in [-0.3, -0.25) is 0 Å². The Bertz CT molecular complexity index is 284. The van der Waals surface area contributed by atoms with Crippen LogP contribution < -0.4 is 0 Å². The molecule has 7 heteroatoms. The van der Waals surface area contributed by atoms with Gasteiger partial charge in [-0.15, -0.1) is 0 Å². The van der Waals surface area contributed by atoms with E-state index in [0.29, 0.717) is 18.1 Å². The Morgan fingerprint density at radius 2 is 1.05 bits per heavy atom. The number of aliphatic hydroxyl groups excluding tert-OH is 5. The number of aliphatic hydroxyl groups is 6. The second kappa shape index (κ2) is 5.77. The van der Waals surface area contributed by atoms with Crippen LogP contribution in [-0.2, 0) is 0 Å².